The van der Waals surface area contributed by atoms with E-state index in [1.807, 2.05) is 79.7 Å². The Bertz CT molecular complexity index is 1040. The lowest BCUT2D eigenvalue weighted by Crippen LogP contribution is -2.19. The third-order valence-electron chi connectivity index (χ3n) is 4.36. The van der Waals surface area contributed by atoms with E-state index in [-0.39, 0.29) is 5.91 Å². The average Bonchev–Trinajstić information content (AvgIpc) is 2.81. The Labute approximate surface area is 201 Å². The molecule has 0 radical (unpaired) electrons. The molecule has 0 saturated carbocycles. The van der Waals surface area contributed by atoms with E-state index >= 15 is 0 Å². The molecule has 0 heterocycles. The highest BCUT2D eigenvalue weighted by Crippen LogP contribution is 2.29. The Hall–Kier alpha value is -2.77. The summed E-state index contributed by atoms with van der Waals surface area (Å²) in [5.41, 5.74) is 5.62. The molecule has 0 aromatic heterocycles. The first kappa shape index (κ1) is 23.9. The first-order valence-corrected chi connectivity index (χ1v) is 12.2. The summed E-state index contributed by atoms with van der Waals surface area (Å²) in [7, 11) is 0. The number of hydrogen-bond acceptors (Lipinski definition) is 5. The van der Waals surface area contributed by atoms with Gasteiger partial charge in [0.2, 0.25) is 5.91 Å². The topological polar surface area (TPSA) is 59.9 Å². The number of thioether (sulfide) groups is 1. The van der Waals surface area contributed by atoms with Crippen molar-refractivity contribution in [1.82, 2.24) is 5.43 Å². The maximum Gasteiger partial charge on any atom is 0.250 e. The van der Waals surface area contributed by atoms with Gasteiger partial charge in [-0.25, -0.2) is 5.43 Å². The number of hydrogen-bond donors (Lipinski definition) is 1. The van der Waals surface area contributed by atoms with Gasteiger partial charge in [0.25, 0.3) is 0 Å². The molecule has 0 atom stereocenters. The first-order chi connectivity index (χ1) is 15.7. The predicted octanol–water partition coefficient (Wildman–Crippen LogP) is 5.81. The van der Waals surface area contributed by atoms with E-state index in [2.05, 4.69) is 26.5 Å². The van der Waals surface area contributed by atoms with Crippen molar-refractivity contribution >= 4 is 39.8 Å². The molecule has 3 aromatic rings. The van der Waals surface area contributed by atoms with Crippen molar-refractivity contribution in [2.75, 3.05) is 12.4 Å². The zero-order chi connectivity index (χ0) is 22.6. The minimum absolute atomic E-state index is 0.147. The SMILES string of the molecule is CCOc1cc(/C=N/NC(=O)CSCc2ccccc2Br)ccc1OCc1ccccc1. The number of rotatable bonds is 11. The van der Waals surface area contributed by atoms with Crippen molar-refractivity contribution in [1.29, 1.82) is 0 Å². The number of hydrazone groups is 1. The lowest BCUT2D eigenvalue weighted by atomic mass is 10.2. The number of halogens is 1. The quantitative estimate of drug-likeness (QED) is 0.260. The van der Waals surface area contributed by atoms with Crippen LogP contribution >= 0.6 is 27.7 Å². The summed E-state index contributed by atoms with van der Waals surface area (Å²) in [5, 5.41) is 4.07. The Morgan fingerprint density at radius 3 is 2.59 bits per heavy atom. The van der Waals surface area contributed by atoms with E-state index in [0.29, 0.717) is 30.5 Å². The standard InChI is InChI=1S/C25H25BrN2O3S/c1-2-30-24-14-20(12-13-23(24)31-16-19-8-4-3-5-9-19)15-27-28-25(29)18-32-17-21-10-6-7-11-22(21)26/h3-15H,2,16-18H2,1H3,(H,28,29)/b27-15+. The number of carbonyl (C=O) groups is 1. The molecule has 0 fully saturated rings. The molecule has 0 bridgehead atoms. The van der Waals surface area contributed by atoms with Gasteiger partial charge in [-0.1, -0.05) is 64.5 Å². The summed E-state index contributed by atoms with van der Waals surface area (Å²) in [6.45, 7) is 2.91. The van der Waals surface area contributed by atoms with Gasteiger partial charge in [-0.2, -0.15) is 5.10 Å². The Morgan fingerprint density at radius 1 is 1.03 bits per heavy atom. The molecule has 0 aliphatic rings. The monoisotopic (exact) mass is 512 g/mol. The maximum atomic E-state index is 12.0. The fourth-order valence-electron chi connectivity index (χ4n) is 2.81. The van der Waals surface area contributed by atoms with Gasteiger partial charge in [-0.05, 0) is 47.9 Å². The highest BCUT2D eigenvalue weighted by Gasteiger charge is 2.07. The van der Waals surface area contributed by atoms with Crippen LogP contribution in [0.2, 0.25) is 0 Å². The van der Waals surface area contributed by atoms with E-state index in [1.165, 1.54) is 11.8 Å². The fraction of sp³-hybridized carbons (Fsp3) is 0.200. The lowest BCUT2D eigenvalue weighted by Gasteiger charge is -2.12. The molecule has 5 nitrogen and oxygen atoms in total. The Balaban J connectivity index is 1.50. The normalized spacial score (nSPS) is 10.8. The molecular weight excluding hydrogens is 488 g/mol. The fourth-order valence-corrected chi connectivity index (χ4v) is 4.24. The van der Waals surface area contributed by atoms with Gasteiger partial charge in [0, 0.05) is 10.2 Å². The smallest absolute Gasteiger partial charge is 0.250 e. The molecule has 3 rings (SSSR count). The van der Waals surface area contributed by atoms with E-state index in [1.54, 1.807) is 6.21 Å². The molecule has 32 heavy (non-hydrogen) atoms. The summed E-state index contributed by atoms with van der Waals surface area (Å²) in [5.74, 6) is 2.24. The van der Waals surface area contributed by atoms with Gasteiger partial charge < -0.3 is 9.47 Å². The predicted molar refractivity (Wildman–Crippen MR) is 134 cm³/mol. The van der Waals surface area contributed by atoms with Gasteiger partial charge in [0.05, 0.1) is 18.6 Å². The van der Waals surface area contributed by atoms with Crippen LogP contribution in [-0.2, 0) is 17.2 Å². The summed E-state index contributed by atoms with van der Waals surface area (Å²) in [6.07, 6.45) is 1.60. The van der Waals surface area contributed by atoms with Crippen LogP contribution < -0.4 is 14.9 Å². The minimum Gasteiger partial charge on any atom is -0.490 e. The zero-order valence-electron chi connectivity index (χ0n) is 17.8. The van der Waals surface area contributed by atoms with Crippen molar-refractivity contribution < 1.29 is 14.3 Å². The van der Waals surface area contributed by atoms with Gasteiger partial charge in [0.15, 0.2) is 11.5 Å². The second kappa shape index (κ2) is 12.9. The van der Waals surface area contributed by atoms with Crippen molar-refractivity contribution in [2.24, 2.45) is 5.10 Å². The molecule has 3 aromatic carbocycles. The number of nitrogens with one attached hydrogen (secondary N) is 1. The summed E-state index contributed by atoms with van der Waals surface area (Å²) in [6, 6.07) is 23.5. The lowest BCUT2D eigenvalue weighted by molar-refractivity contribution is -0.118. The molecule has 0 unspecified atom stereocenters. The van der Waals surface area contributed by atoms with Gasteiger partial charge in [0.1, 0.15) is 6.61 Å². The van der Waals surface area contributed by atoms with Gasteiger partial charge in [-0.15, -0.1) is 11.8 Å². The van der Waals surface area contributed by atoms with Gasteiger partial charge >= 0.3 is 0 Å². The Kier molecular flexibility index (Phi) is 9.65. The van der Waals surface area contributed by atoms with Crippen LogP contribution in [0.5, 0.6) is 11.5 Å². The number of ether oxygens (including phenoxy) is 2. The first-order valence-electron chi connectivity index (χ1n) is 10.2. The summed E-state index contributed by atoms with van der Waals surface area (Å²) in [4.78, 5) is 12.0. The Morgan fingerprint density at radius 2 is 1.81 bits per heavy atom. The van der Waals surface area contributed by atoms with E-state index in [9.17, 15) is 4.79 Å². The highest BCUT2D eigenvalue weighted by molar-refractivity contribution is 9.10. The number of benzene rings is 3. The van der Waals surface area contributed by atoms with Gasteiger partial charge in [-0.3, -0.25) is 4.79 Å². The van der Waals surface area contributed by atoms with Crippen LogP contribution in [0.3, 0.4) is 0 Å². The van der Waals surface area contributed by atoms with E-state index in [4.69, 9.17) is 9.47 Å². The van der Waals surface area contributed by atoms with Crippen molar-refractivity contribution in [3.63, 3.8) is 0 Å². The number of amides is 1. The van der Waals surface area contributed by atoms with Crippen molar-refractivity contribution in [3.8, 4) is 11.5 Å². The molecule has 0 aliphatic heterocycles. The summed E-state index contributed by atoms with van der Waals surface area (Å²) < 4.78 is 12.7. The van der Waals surface area contributed by atoms with Crippen LogP contribution in [0.25, 0.3) is 0 Å². The molecule has 0 spiro atoms. The van der Waals surface area contributed by atoms with E-state index < -0.39 is 0 Å². The van der Waals surface area contributed by atoms with Crippen LogP contribution in [0, 0.1) is 0 Å². The van der Waals surface area contributed by atoms with Crippen LogP contribution in [0.15, 0.2) is 82.4 Å². The van der Waals surface area contributed by atoms with Crippen molar-refractivity contribution in [2.45, 2.75) is 19.3 Å². The summed E-state index contributed by atoms with van der Waals surface area (Å²) >= 11 is 5.06. The van der Waals surface area contributed by atoms with Crippen LogP contribution in [0.4, 0.5) is 0 Å². The number of nitrogens with zero attached hydrogens (tertiary/aromatic N) is 1. The molecule has 0 aliphatic carbocycles. The largest absolute Gasteiger partial charge is 0.490 e. The maximum absolute atomic E-state index is 12.0. The second-order valence-corrected chi connectivity index (χ2v) is 8.63. The number of carbonyl (C=O) groups excluding carboxylic acids is 1. The second-order valence-electron chi connectivity index (χ2n) is 6.79. The zero-order valence-corrected chi connectivity index (χ0v) is 20.2. The third kappa shape index (κ3) is 7.73. The minimum atomic E-state index is -0.147. The molecule has 166 valence electrons. The highest BCUT2D eigenvalue weighted by atomic mass is 79.9. The van der Waals surface area contributed by atoms with E-state index in [0.717, 1.165) is 26.9 Å². The molecular formula is C25H25BrN2O3S. The molecule has 1 N–H and O–H groups in total. The average molecular weight is 513 g/mol. The van der Waals surface area contributed by atoms with Crippen LogP contribution in [-0.4, -0.2) is 24.5 Å². The third-order valence-corrected chi connectivity index (χ3v) is 6.11. The van der Waals surface area contributed by atoms with Crippen molar-refractivity contribution in [3.05, 3.63) is 94.0 Å². The molecule has 7 heteroatoms. The molecule has 0 saturated heterocycles. The molecule has 1 amide bonds. The van der Waals surface area contributed by atoms with Crippen LogP contribution in [0.1, 0.15) is 23.6 Å².